The molecule has 0 N–H and O–H groups in total. The second-order valence-corrected chi connectivity index (χ2v) is 4.92. The Labute approximate surface area is 98.4 Å². The molecular formula is C9H16ClIO2. The Morgan fingerprint density at radius 1 is 1.62 bits per heavy atom. The summed E-state index contributed by atoms with van der Waals surface area (Å²) in [5, 5.41) is 0. The third kappa shape index (κ3) is 3.22. The van der Waals surface area contributed by atoms with E-state index in [1.807, 2.05) is 0 Å². The number of ether oxygens (including phenoxy) is 2. The predicted octanol–water partition coefficient (Wildman–Crippen LogP) is 2.47. The monoisotopic (exact) mass is 318 g/mol. The van der Waals surface area contributed by atoms with Crippen molar-refractivity contribution in [1.29, 1.82) is 0 Å². The summed E-state index contributed by atoms with van der Waals surface area (Å²) >= 11 is 8.17. The molecule has 1 rings (SSSR count). The van der Waals surface area contributed by atoms with Gasteiger partial charge in [0.25, 0.3) is 0 Å². The van der Waals surface area contributed by atoms with Crippen molar-refractivity contribution in [3.63, 3.8) is 0 Å². The summed E-state index contributed by atoms with van der Waals surface area (Å²) in [5.74, 6) is 1.03. The van der Waals surface area contributed by atoms with Gasteiger partial charge in [-0.2, -0.15) is 0 Å². The van der Waals surface area contributed by atoms with Crippen LogP contribution in [0.4, 0.5) is 0 Å². The molecule has 0 amide bonds. The van der Waals surface area contributed by atoms with Gasteiger partial charge >= 0.3 is 0 Å². The van der Waals surface area contributed by atoms with E-state index >= 15 is 0 Å². The van der Waals surface area contributed by atoms with E-state index in [0.717, 1.165) is 11.0 Å². The van der Waals surface area contributed by atoms with Crippen molar-refractivity contribution in [2.24, 2.45) is 5.92 Å². The van der Waals surface area contributed by atoms with Crippen molar-refractivity contribution in [3.8, 4) is 0 Å². The number of hydrogen-bond acceptors (Lipinski definition) is 2. The molecule has 0 aliphatic carbocycles. The zero-order chi connectivity index (χ0) is 9.90. The smallest absolute Gasteiger partial charge is 0.0883 e. The van der Waals surface area contributed by atoms with Crippen molar-refractivity contribution in [3.05, 3.63) is 0 Å². The minimum Gasteiger partial charge on any atom is -0.378 e. The van der Waals surface area contributed by atoms with Gasteiger partial charge in [-0.25, -0.2) is 0 Å². The van der Waals surface area contributed by atoms with Gasteiger partial charge in [0.05, 0.1) is 30.8 Å². The zero-order valence-electron chi connectivity index (χ0n) is 8.06. The normalized spacial score (nSPS) is 33.2. The molecule has 2 nitrogen and oxygen atoms in total. The highest BCUT2D eigenvalue weighted by molar-refractivity contribution is 14.1. The molecule has 1 heterocycles. The lowest BCUT2D eigenvalue weighted by atomic mass is 10.1. The van der Waals surface area contributed by atoms with E-state index < -0.39 is 0 Å². The molecule has 13 heavy (non-hydrogen) atoms. The van der Waals surface area contributed by atoms with Gasteiger partial charge < -0.3 is 9.47 Å². The number of hydrogen-bond donors (Lipinski definition) is 0. The van der Waals surface area contributed by atoms with Crippen molar-refractivity contribution < 1.29 is 9.47 Å². The van der Waals surface area contributed by atoms with Gasteiger partial charge in [0.1, 0.15) is 0 Å². The highest BCUT2D eigenvalue weighted by atomic mass is 127. The van der Waals surface area contributed by atoms with E-state index in [9.17, 15) is 0 Å². The fourth-order valence-corrected chi connectivity index (χ4v) is 2.18. The van der Waals surface area contributed by atoms with Crippen LogP contribution >= 0.6 is 34.2 Å². The molecule has 0 aromatic carbocycles. The third-order valence-electron chi connectivity index (χ3n) is 2.30. The number of alkyl halides is 2. The Bertz CT molecular complexity index is 162. The van der Waals surface area contributed by atoms with Gasteiger partial charge in [-0.15, -0.1) is 11.6 Å². The Morgan fingerprint density at radius 3 is 2.69 bits per heavy atom. The Morgan fingerprint density at radius 2 is 2.31 bits per heavy atom. The van der Waals surface area contributed by atoms with Crippen LogP contribution in [0, 0.1) is 5.92 Å². The summed E-state index contributed by atoms with van der Waals surface area (Å²) in [6.07, 6.45) is 0.221. The van der Waals surface area contributed by atoms with E-state index in [0.29, 0.717) is 18.4 Å². The first-order valence-corrected chi connectivity index (χ1v) is 6.55. The summed E-state index contributed by atoms with van der Waals surface area (Å²) in [4.78, 5) is 0. The van der Waals surface area contributed by atoms with Crippen LogP contribution in [0.1, 0.15) is 13.8 Å². The lowest BCUT2D eigenvalue weighted by Gasteiger charge is -2.30. The summed E-state index contributed by atoms with van der Waals surface area (Å²) in [6, 6.07) is 0. The SMILES string of the molecule is CC1COCC1OC(C)(CCl)CI. The first kappa shape index (κ1) is 12.0. The first-order chi connectivity index (χ1) is 6.11. The molecule has 1 aliphatic heterocycles. The summed E-state index contributed by atoms with van der Waals surface area (Å²) in [7, 11) is 0. The van der Waals surface area contributed by atoms with Crippen LogP contribution in [0.15, 0.2) is 0 Å². The molecule has 78 valence electrons. The van der Waals surface area contributed by atoms with Crippen LogP contribution in [0.25, 0.3) is 0 Å². The maximum Gasteiger partial charge on any atom is 0.0883 e. The van der Waals surface area contributed by atoms with Gasteiger partial charge in [0.2, 0.25) is 0 Å². The van der Waals surface area contributed by atoms with Crippen LogP contribution < -0.4 is 0 Å². The molecule has 0 saturated carbocycles. The molecule has 0 aromatic rings. The van der Waals surface area contributed by atoms with Crippen molar-refractivity contribution in [2.45, 2.75) is 25.6 Å². The largest absolute Gasteiger partial charge is 0.378 e. The molecule has 0 bridgehead atoms. The summed E-state index contributed by atoms with van der Waals surface area (Å²) < 4.78 is 12.2. The molecule has 0 spiro atoms. The first-order valence-electron chi connectivity index (χ1n) is 4.49. The topological polar surface area (TPSA) is 18.5 Å². The molecule has 3 unspecified atom stereocenters. The minimum absolute atomic E-state index is 0.200. The van der Waals surface area contributed by atoms with Gasteiger partial charge in [-0.05, 0) is 6.92 Å². The van der Waals surface area contributed by atoms with Gasteiger partial charge in [-0.3, -0.25) is 0 Å². The maximum absolute atomic E-state index is 5.95. The summed E-state index contributed by atoms with van der Waals surface area (Å²) in [6.45, 7) is 5.73. The van der Waals surface area contributed by atoms with Crippen molar-refractivity contribution in [1.82, 2.24) is 0 Å². The lowest BCUT2D eigenvalue weighted by molar-refractivity contribution is -0.0657. The van der Waals surface area contributed by atoms with Crippen LogP contribution in [0.2, 0.25) is 0 Å². The molecule has 1 fully saturated rings. The molecule has 3 atom stereocenters. The molecule has 0 aromatic heterocycles. The van der Waals surface area contributed by atoms with E-state index in [4.69, 9.17) is 21.1 Å². The molecule has 0 radical (unpaired) electrons. The zero-order valence-corrected chi connectivity index (χ0v) is 11.0. The van der Waals surface area contributed by atoms with Crippen LogP contribution in [0.3, 0.4) is 0 Å². The standard InChI is InChI=1S/C9H16ClIO2/c1-7-3-12-4-8(7)13-9(2,5-10)6-11/h7-8H,3-6H2,1-2H3. The Hall–Kier alpha value is 0.940. The van der Waals surface area contributed by atoms with Crippen LogP contribution in [-0.2, 0) is 9.47 Å². The molecule has 1 aliphatic rings. The Kier molecular flexibility index (Phi) is 4.75. The van der Waals surface area contributed by atoms with Crippen LogP contribution in [0.5, 0.6) is 0 Å². The maximum atomic E-state index is 5.95. The van der Waals surface area contributed by atoms with E-state index in [-0.39, 0.29) is 11.7 Å². The quantitative estimate of drug-likeness (QED) is 0.586. The highest BCUT2D eigenvalue weighted by Gasteiger charge is 2.33. The van der Waals surface area contributed by atoms with E-state index in [1.54, 1.807) is 0 Å². The lowest BCUT2D eigenvalue weighted by Crippen LogP contribution is -2.39. The second kappa shape index (κ2) is 5.14. The molecule has 1 saturated heterocycles. The van der Waals surface area contributed by atoms with Gasteiger partial charge in [0, 0.05) is 10.3 Å². The highest BCUT2D eigenvalue weighted by Crippen LogP contribution is 2.25. The molecular weight excluding hydrogens is 302 g/mol. The predicted molar refractivity (Wildman–Crippen MR) is 62.9 cm³/mol. The van der Waals surface area contributed by atoms with Crippen LogP contribution in [-0.4, -0.2) is 35.2 Å². The fourth-order valence-electron chi connectivity index (χ4n) is 1.26. The average molecular weight is 319 g/mol. The summed E-state index contributed by atoms with van der Waals surface area (Å²) in [5.41, 5.74) is -0.200. The second-order valence-electron chi connectivity index (χ2n) is 3.89. The Balaban J connectivity index is 2.45. The van der Waals surface area contributed by atoms with Crippen molar-refractivity contribution in [2.75, 3.05) is 23.5 Å². The fraction of sp³-hybridized carbons (Fsp3) is 1.00. The van der Waals surface area contributed by atoms with Gasteiger partial charge in [0.15, 0.2) is 0 Å². The van der Waals surface area contributed by atoms with Gasteiger partial charge in [-0.1, -0.05) is 29.5 Å². The average Bonchev–Trinajstić information content (AvgIpc) is 2.52. The van der Waals surface area contributed by atoms with Crippen molar-refractivity contribution >= 4 is 34.2 Å². The number of halogens is 2. The van der Waals surface area contributed by atoms with E-state index in [1.165, 1.54) is 0 Å². The minimum atomic E-state index is -0.200. The molecule has 4 heteroatoms. The number of rotatable bonds is 4. The van der Waals surface area contributed by atoms with E-state index in [2.05, 4.69) is 36.4 Å². The third-order valence-corrected chi connectivity index (χ3v) is 4.48.